The molecule has 0 radical (unpaired) electrons. The number of hydrogen-bond donors (Lipinski definition) is 0. The fourth-order valence-corrected chi connectivity index (χ4v) is 5.04. The molecule has 5 rings (SSSR count). The molecule has 1 atom stereocenters. The largest absolute Gasteiger partial charge is 0.489 e. The molecule has 58 heavy (non-hydrogen) atoms. The number of halogens is 12. The highest BCUT2D eigenvalue weighted by atomic mass is 19.2. The monoisotopic (exact) mass is 831 g/mol. The summed E-state index contributed by atoms with van der Waals surface area (Å²) in [5, 5.41) is 0. The Morgan fingerprint density at radius 2 is 0.862 bits per heavy atom. The highest BCUT2D eigenvalue weighted by Gasteiger charge is 2.36. The Morgan fingerprint density at radius 1 is 0.483 bits per heavy atom. The second-order valence-corrected chi connectivity index (χ2v) is 11.8. The van der Waals surface area contributed by atoms with Crippen LogP contribution in [0.15, 0.2) is 72.8 Å². The third kappa shape index (κ3) is 9.86. The molecule has 0 amide bonds. The number of rotatable bonds is 14. The molecule has 0 aliphatic heterocycles. The average molecular weight is 832 g/mol. The maximum absolute atomic E-state index is 14.6. The third-order valence-corrected chi connectivity index (χ3v) is 7.83. The Morgan fingerprint density at radius 3 is 1.26 bits per heavy atom. The first-order chi connectivity index (χ1) is 27.4. The molecule has 8 nitrogen and oxygen atoms in total. The van der Waals surface area contributed by atoms with Crippen LogP contribution in [0.5, 0.6) is 23.0 Å². The molecule has 0 aliphatic rings. The molecule has 0 saturated heterocycles. The lowest BCUT2D eigenvalue weighted by Crippen LogP contribution is -2.50. The van der Waals surface area contributed by atoms with Crippen molar-refractivity contribution in [2.45, 2.75) is 19.1 Å². The van der Waals surface area contributed by atoms with Gasteiger partial charge >= 0.3 is 17.9 Å². The van der Waals surface area contributed by atoms with Gasteiger partial charge in [0.15, 0.2) is 34.9 Å². The minimum absolute atomic E-state index is 0.000642. The zero-order valence-electron chi connectivity index (χ0n) is 28.7. The summed E-state index contributed by atoms with van der Waals surface area (Å²) in [5.74, 6) is -37.5. The van der Waals surface area contributed by atoms with Crippen LogP contribution in [0.2, 0.25) is 0 Å². The fourth-order valence-electron chi connectivity index (χ4n) is 5.04. The Balaban J connectivity index is 1.54. The van der Waals surface area contributed by atoms with E-state index in [1.54, 1.807) is 30.3 Å². The second kappa shape index (κ2) is 18.1. The van der Waals surface area contributed by atoms with E-state index in [-0.39, 0.29) is 41.0 Å². The van der Waals surface area contributed by atoms with Gasteiger partial charge in [-0.05, 0) is 29.7 Å². The molecule has 0 aliphatic carbocycles. The van der Waals surface area contributed by atoms with Gasteiger partial charge in [0, 0.05) is 18.2 Å². The lowest BCUT2D eigenvalue weighted by atomic mass is 10.0. The van der Waals surface area contributed by atoms with Crippen LogP contribution in [0.25, 0.3) is 0 Å². The summed E-state index contributed by atoms with van der Waals surface area (Å²) in [6.07, 6.45) is -0.853. The predicted molar refractivity (Wildman–Crippen MR) is 172 cm³/mol. The Hall–Kier alpha value is -6.57. The maximum Gasteiger partial charge on any atom is 0.329 e. The molecule has 0 saturated carbocycles. The second-order valence-electron chi connectivity index (χ2n) is 11.8. The van der Waals surface area contributed by atoms with Gasteiger partial charge in [-0.15, -0.1) is 0 Å². The van der Waals surface area contributed by atoms with E-state index in [0.29, 0.717) is 0 Å². The summed E-state index contributed by atoms with van der Waals surface area (Å²) in [4.78, 5) is 40.0. The van der Waals surface area contributed by atoms with Gasteiger partial charge in [-0.25, -0.2) is 31.1 Å². The van der Waals surface area contributed by atoms with Crippen molar-refractivity contribution in [2.75, 3.05) is 13.1 Å². The first-order valence-electron chi connectivity index (χ1n) is 16.1. The number of nitrogens with zero attached hydrogens (tertiary/aromatic N) is 1. The van der Waals surface area contributed by atoms with E-state index in [2.05, 4.69) is 14.2 Å². The van der Waals surface area contributed by atoms with Crippen LogP contribution in [-0.2, 0) is 27.4 Å². The Bertz CT molecular complexity index is 2210. The summed E-state index contributed by atoms with van der Waals surface area (Å²) in [7, 11) is 0. The minimum Gasteiger partial charge on any atom is -0.489 e. The molecule has 304 valence electrons. The number of hydrogen-bond acceptors (Lipinski definition) is 8. The molecular formula is C38H21F12NO7. The molecule has 0 aromatic heterocycles. The standard InChI is InChI=1S/C38H21F12NO7/c39-20-11-21(40)30(46)35(29(20)45)56-27(52)14-51(15-28(53)57-36-31(47)22(41)12-23(42)32(36)48)26(38(54)58-37-33(49)24(43)13-25(44)34(37)50)10-17-6-8-19(9-7-17)55-16-18-4-2-1-3-5-18/h1-9,11-13,26H,10,14-16H2. The van der Waals surface area contributed by atoms with E-state index in [1.807, 2.05) is 0 Å². The number of carbonyl (C=O) groups excluding carboxylic acids is 3. The highest BCUT2D eigenvalue weighted by Crippen LogP contribution is 2.30. The fraction of sp³-hybridized carbons (Fsp3) is 0.132. The lowest BCUT2D eigenvalue weighted by molar-refractivity contribution is -0.146. The molecule has 0 heterocycles. The zero-order valence-corrected chi connectivity index (χ0v) is 28.7. The van der Waals surface area contributed by atoms with Gasteiger partial charge in [-0.2, -0.15) is 26.3 Å². The summed E-state index contributed by atoms with van der Waals surface area (Å²) in [5.41, 5.74) is 0.749. The van der Waals surface area contributed by atoms with Crippen molar-refractivity contribution in [3.63, 3.8) is 0 Å². The lowest BCUT2D eigenvalue weighted by Gasteiger charge is -2.29. The van der Waals surface area contributed by atoms with Gasteiger partial charge in [0.05, 0.1) is 13.1 Å². The van der Waals surface area contributed by atoms with Crippen molar-refractivity contribution in [3.8, 4) is 23.0 Å². The molecule has 20 heteroatoms. The van der Waals surface area contributed by atoms with Gasteiger partial charge < -0.3 is 18.9 Å². The quantitative estimate of drug-likeness (QED) is 0.0482. The minimum atomic E-state index is -2.35. The van der Waals surface area contributed by atoms with E-state index >= 15 is 0 Å². The number of ether oxygens (including phenoxy) is 4. The first-order valence-corrected chi connectivity index (χ1v) is 16.1. The van der Waals surface area contributed by atoms with Gasteiger partial charge in [-0.1, -0.05) is 42.5 Å². The zero-order chi connectivity index (χ0) is 42.4. The van der Waals surface area contributed by atoms with E-state index in [9.17, 15) is 67.1 Å². The Kier molecular flexibility index (Phi) is 13.3. The SMILES string of the molecule is O=C(CN(CC(=O)Oc1c(F)c(F)cc(F)c1F)C(Cc1ccc(OCc2ccccc2)cc1)C(=O)Oc1c(F)c(F)cc(F)c1F)Oc1c(F)c(F)cc(F)c1F. The molecule has 0 fully saturated rings. The number of benzene rings is 5. The number of esters is 3. The van der Waals surface area contributed by atoms with E-state index in [0.717, 1.165) is 5.56 Å². The molecule has 0 spiro atoms. The van der Waals surface area contributed by atoms with E-state index in [4.69, 9.17) is 4.74 Å². The van der Waals surface area contributed by atoms with Crippen LogP contribution in [0.1, 0.15) is 11.1 Å². The predicted octanol–water partition coefficient (Wildman–Crippen LogP) is 7.96. The molecule has 5 aromatic carbocycles. The normalized spacial score (nSPS) is 11.7. The molecular weight excluding hydrogens is 810 g/mol. The van der Waals surface area contributed by atoms with Crippen molar-refractivity contribution >= 4 is 17.9 Å². The number of carbonyl (C=O) groups is 3. The van der Waals surface area contributed by atoms with Crippen molar-refractivity contribution in [3.05, 3.63) is 154 Å². The summed E-state index contributed by atoms with van der Waals surface area (Å²) < 4.78 is 189. The highest BCUT2D eigenvalue weighted by molar-refractivity contribution is 5.83. The molecule has 0 N–H and O–H groups in total. The van der Waals surface area contributed by atoms with Gasteiger partial charge in [0.2, 0.25) is 52.2 Å². The van der Waals surface area contributed by atoms with Crippen molar-refractivity contribution in [1.82, 2.24) is 4.90 Å². The third-order valence-electron chi connectivity index (χ3n) is 7.83. The van der Waals surface area contributed by atoms with Crippen LogP contribution >= 0.6 is 0 Å². The van der Waals surface area contributed by atoms with Gasteiger partial charge in [0.25, 0.3) is 0 Å². The van der Waals surface area contributed by atoms with Crippen LogP contribution in [0.4, 0.5) is 52.7 Å². The first kappa shape index (κ1) is 42.6. The Labute approximate surface area is 317 Å². The van der Waals surface area contributed by atoms with Crippen LogP contribution in [0, 0.1) is 69.8 Å². The topological polar surface area (TPSA) is 91.4 Å². The van der Waals surface area contributed by atoms with Crippen molar-refractivity contribution in [2.24, 2.45) is 0 Å². The molecule has 1 unspecified atom stereocenters. The van der Waals surface area contributed by atoms with Crippen LogP contribution < -0.4 is 18.9 Å². The smallest absolute Gasteiger partial charge is 0.329 e. The van der Waals surface area contributed by atoms with E-state index < -0.39 is 131 Å². The maximum atomic E-state index is 14.6. The van der Waals surface area contributed by atoms with Gasteiger partial charge in [-0.3, -0.25) is 14.5 Å². The summed E-state index contributed by atoms with van der Waals surface area (Å²) in [6, 6.07) is 10.8. The molecule has 0 bridgehead atoms. The average Bonchev–Trinajstić information content (AvgIpc) is 3.19. The van der Waals surface area contributed by atoms with Gasteiger partial charge in [0.1, 0.15) is 18.4 Å². The van der Waals surface area contributed by atoms with Crippen LogP contribution in [0.3, 0.4) is 0 Å². The van der Waals surface area contributed by atoms with Crippen molar-refractivity contribution in [1.29, 1.82) is 0 Å². The van der Waals surface area contributed by atoms with Crippen molar-refractivity contribution < 1.29 is 86.0 Å². The van der Waals surface area contributed by atoms with Crippen LogP contribution in [-0.4, -0.2) is 41.9 Å². The van der Waals surface area contributed by atoms with E-state index in [1.165, 1.54) is 24.3 Å². The summed E-state index contributed by atoms with van der Waals surface area (Å²) in [6.45, 7) is -3.22. The molecule has 5 aromatic rings. The summed E-state index contributed by atoms with van der Waals surface area (Å²) >= 11 is 0.